The molecule has 0 saturated carbocycles. The fourth-order valence-corrected chi connectivity index (χ4v) is 1.76. The first kappa shape index (κ1) is 11.2. The molecule has 0 radical (unpaired) electrons. The molecule has 1 amide bonds. The number of nitrogens with one attached hydrogen (secondary N) is 1. The molecule has 1 heterocycles. The molecule has 0 aliphatic heterocycles. The van der Waals surface area contributed by atoms with Gasteiger partial charge in [-0.05, 0) is 24.3 Å². The molecule has 0 atom stereocenters. The number of rotatable bonds is 3. The lowest BCUT2D eigenvalue weighted by Crippen LogP contribution is -2.25. The standard InChI is InChI=1S/C11H10BrNO3/c12-8-1-2-9-7(5-8)6-10(16-9)11(15)13-3-4-14/h1-2,5-6,14H,3-4H2,(H,13,15). The number of furan rings is 1. The van der Waals surface area contributed by atoms with E-state index in [2.05, 4.69) is 21.2 Å². The lowest BCUT2D eigenvalue weighted by atomic mass is 10.2. The molecular formula is C11H10BrNO3. The molecule has 4 nitrogen and oxygen atoms in total. The van der Waals surface area contributed by atoms with Crippen LogP contribution in [0.25, 0.3) is 11.0 Å². The van der Waals surface area contributed by atoms with Crippen LogP contribution in [0.2, 0.25) is 0 Å². The Bertz CT molecular complexity index is 521. The van der Waals surface area contributed by atoms with Crippen LogP contribution in [0.1, 0.15) is 10.6 Å². The predicted molar refractivity (Wildman–Crippen MR) is 63.3 cm³/mol. The molecule has 0 bridgehead atoms. The first-order valence-electron chi connectivity index (χ1n) is 4.79. The van der Waals surface area contributed by atoms with E-state index in [0.717, 1.165) is 9.86 Å². The van der Waals surface area contributed by atoms with Gasteiger partial charge in [-0.3, -0.25) is 4.79 Å². The summed E-state index contributed by atoms with van der Waals surface area (Å²) in [5.74, 6) is -0.0667. The van der Waals surface area contributed by atoms with Gasteiger partial charge in [0.25, 0.3) is 5.91 Å². The van der Waals surface area contributed by atoms with E-state index in [9.17, 15) is 4.79 Å². The van der Waals surface area contributed by atoms with E-state index in [0.29, 0.717) is 5.58 Å². The minimum atomic E-state index is -0.318. The van der Waals surface area contributed by atoms with Crippen molar-refractivity contribution in [2.24, 2.45) is 0 Å². The summed E-state index contributed by atoms with van der Waals surface area (Å²) in [6.45, 7) is 0.136. The third kappa shape index (κ3) is 2.25. The van der Waals surface area contributed by atoms with Gasteiger partial charge in [-0.2, -0.15) is 0 Å². The molecule has 2 rings (SSSR count). The Labute approximate surface area is 100 Å². The molecule has 84 valence electrons. The minimum absolute atomic E-state index is 0.0858. The van der Waals surface area contributed by atoms with Crippen LogP contribution in [0.5, 0.6) is 0 Å². The maximum Gasteiger partial charge on any atom is 0.287 e. The summed E-state index contributed by atoms with van der Waals surface area (Å²) in [7, 11) is 0. The molecule has 0 fully saturated rings. The van der Waals surface area contributed by atoms with Gasteiger partial charge >= 0.3 is 0 Å². The van der Waals surface area contributed by atoms with Gasteiger partial charge < -0.3 is 14.8 Å². The summed E-state index contributed by atoms with van der Waals surface area (Å²) in [5, 5.41) is 12.0. The van der Waals surface area contributed by atoms with Gasteiger partial charge in [-0.1, -0.05) is 15.9 Å². The zero-order valence-corrected chi connectivity index (χ0v) is 9.95. The van der Waals surface area contributed by atoms with Crippen LogP contribution in [-0.4, -0.2) is 24.2 Å². The predicted octanol–water partition coefficient (Wildman–Crippen LogP) is 1.92. The zero-order chi connectivity index (χ0) is 11.5. The number of aliphatic hydroxyl groups is 1. The first-order valence-corrected chi connectivity index (χ1v) is 5.58. The fourth-order valence-electron chi connectivity index (χ4n) is 1.38. The number of fused-ring (bicyclic) bond motifs is 1. The Morgan fingerprint density at radius 3 is 3.00 bits per heavy atom. The van der Waals surface area contributed by atoms with Crippen molar-refractivity contribution in [3.05, 3.63) is 34.5 Å². The SMILES string of the molecule is O=C(NCCO)c1cc2cc(Br)ccc2o1. The Morgan fingerprint density at radius 2 is 2.25 bits per heavy atom. The molecule has 0 unspecified atom stereocenters. The molecule has 0 aliphatic rings. The van der Waals surface area contributed by atoms with E-state index < -0.39 is 0 Å². The normalized spacial score (nSPS) is 10.6. The number of carbonyl (C=O) groups excluding carboxylic acids is 1. The van der Waals surface area contributed by atoms with Crippen LogP contribution in [0, 0.1) is 0 Å². The molecule has 5 heteroatoms. The van der Waals surface area contributed by atoms with Gasteiger partial charge in [0.1, 0.15) is 5.58 Å². The fraction of sp³-hybridized carbons (Fsp3) is 0.182. The second-order valence-electron chi connectivity index (χ2n) is 3.27. The van der Waals surface area contributed by atoms with Gasteiger partial charge in [0, 0.05) is 16.4 Å². The topological polar surface area (TPSA) is 62.5 Å². The van der Waals surface area contributed by atoms with Crippen LogP contribution in [0.4, 0.5) is 0 Å². The van der Waals surface area contributed by atoms with Crippen molar-refractivity contribution in [1.29, 1.82) is 0 Å². The monoisotopic (exact) mass is 283 g/mol. The maximum absolute atomic E-state index is 11.5. The highest BCUT2D eigenvalue weighted by Gasteiger charge is 2.11. The maximum atomic E-state index is 11.5. The molecule has 0 spiro atoms. The van der Waals surface area contributed by atoms with Crippen molar-refractivity contribution in [3.63, 3.8) is 0 Å². The van der Waals surface area contributed by atoms with E-state index in [1.165, 1.54) is 0 Å². The van der Waals surface area contributed by atoms with Crippen molar-refractivity contribution >= 4 is 32.8 Å². The zero-order valence-electron chi connectivity index (χ0n) is 8.37. The lowest BCUT2D eigenvalue weighted by molar-refractivity contribution is 0.0919. The molecule has 0 aliphatic carbocycles. The molecule has 2 N–H and O–H groups in total. The molecule has 0 saturated heterocycles. The van der Waals surface area contributed by atoms with Crippen molar-refractivity contribution < 1.29 is 14.3 Å². The average molecular weight is 284 g/mol. The van der Waals surface area contributed by atoms with Crippen molar-refractivity contribution in [2.45, 2.75) is 0 Å². The van der Waals surface area contributed by atoms with Crippen molar-refractivity contribution in [3.8, 4) is 0 Å². The minimum Gasteiger partial charge on any atom is -0.451 e. The first-order chi connectivity index (χ1) is 7.70. The highest BCUT2D eigenvalue weighted by Crippen LogP contribution is 2.23. The molecule has 2 aromatic rings. The number of amides is 1. The van der Waals surface area contributed by atoms with Gasteiger partial charge in [0.05, 0.1) is 6.61 Å². The molecular weight excluding hydrogens is 274 g/mol. The van der Waals surface area contributed by atoms with E-state index in [1.807, 2.05) is 12.1 Å². The highest BCUT2D eigenvalue weighted by atomic mass is 79.9. The van der Waals surface area contributed by atoms with Crippen LogP contribution >= 0.6 is 15.9 Å². The Kier molecular flexibility index (Phi) is 3.26. The molecule has 16 heavy (non-hydrogen) atoms. The lowest BCUT2D eigenvalue weighted by Gasteiger charge is -1.97. The quantitative estimate of drug-likeness (QED) is 0.905. The van der Waals surface area contributed by atoms with Crippen LogP contribution < -0.4 is 5.32 Å². The smallest absolute Gasteiger partial charge is 0.287 e. The van der Waals surface area contributed by atoms with Gasteiger partial charge in [0.15, 0.2) is 5.76 Å². The number of carbonyl (C=O) groups is 1. The summed E-state index contributed by atoms with van der Waals surface area (Å²) in [5.41, 5.74) is 0.664. The summed E-state index contributed by atoms with van der Waals surface area (Å²) < 4.78 is 6.30. The largest absolute Gasteiger partial charge is 0.451 e. The van der Waals surface area contributed by atoms with Crippen molar-refractivity contribution in [1.82, 2.24) is 5.32 Å². The summed E-state index contributed by atoms with van der Waals surface area (Å²) in [6.07, 6.45) is 0. The second kappa shape index (κ2) is 4.67. The van der Waals surface area contributed by atoms with E-state index in [-0.39, 0.29) is 24.8 Å². The van der Waals surface area contributed by atoms with Gasteiger partial charge in [-0.15, -0.1) is 0 Å². The average Bonchev–Trinajstić information content (AvgIpc) is 2.68. The number of benzene rings is 1. The third-order valence-corrected chi connectivity index (χ3v) is 2.59. The summed E-state index contributed by atoms with van der Waals surface area (Å²) >= 11 is 3.35. The molecule has 1 aromatic carbocycles. The van der Waals surface area contributed by atoms with E-state index >= 15 is 0 Å². The summed E-state index contributed by atoms with van der Waals surface area (Å²) in [6, 6.07) is 7.19. The number of halogens is 1. The Balaban J connectivity index is 2.28. The Hall–Kier alpha value is -1.33. The Morgan fingerprint density at radius 1 is 1.44 bits per heavy atom. The van der Waals surface area contributed by atoms with Gasteiger partial charge in [-0.25, -0.2) is 0 Å². The van der Waals surface area contributed by atoms with Crippen LogP contribution in [-0.2, 0) is 0 Å². The van der Waals surface area contributed by atoms with Crippen molar-refractivity contribution in [2.75, 3.05) is 13.2 Å². The van der Waals surface area contributed by atoms with Crippen LogP contribution in [0.15, 0.2) is 33.2 Å². The van der Waals surface area contributed by atoms with Gasteiger partial charge in [0.2, 0.25) is 0 Å². The highest BCUT2D eigenvalue weighted by molar-refractivity contribution is 9.10. The number of aliphatic hydroxyl groups excluding tert-OH is 1. The third-order valence-electron chi connectivity index (χ3n) is 2.10. The number of hydrogen-bond acceptors (Lipinski definition) is 3. The summed E-state index contributed by atoms with van der Waals surface area (Å²) in [4.78, 5) is 11.5. The second-order valence-corrected chi connectivity index (χ2v) is 4.19. The van der Waals surface area contributed by atoms with E-state index in [4.69, 9.17) is 9.52 Å². The molecule has 1 aromatic heterocycles. The van der Waals surface area contributed by atoms with Crippen LogP contribution in [0.3, 0.4) is 0 Å². The van der Waals surface area contributed by atoms with E-state index in [1.54, 1.807) is 12.1 Å². The number of hydrogen-bond donors (Lipinski definition) is 2.